The maximum absolute atomic E-state index is 13.0. The first-order valence-corrected chi connectivity index (χ1v) is 10.9. The molecule has 1 N–H and O–H groups in total. The van der Waals surface area contributed by atoms with E-state index in [1.165, 1.54) is 0 Å². The number of hydrogen-bond donors (Lipinski definition) is 1. The molecule has 3 rings (SSSR count). The Morgan fingerprint density at radius 3 is 2.41 bits per heavy atom. The number of amides is 1. The average molecular weight is 416 g/mol. The molecule has 6 nitrogen and oxygen atoms in total. The van der Waals surface area contributed by atoms with Gasteiger partial charge in [-0.15, -0.1) is 12.4 Å². The lowest BCUT2D eigenvalue weighted by molar-refractivity contribution is 0.0703. The molecule has 1 amide bonds. The van der Waals surface area contributed by atoms with Gasteiger partial charge in [0.25, 0.3) is 5.91 Å². The third-order valence-electron chi connectivity index (χ3n) is 5.54. The lowest BCUT2D eigenvalue weighted by Crippen LogP contribution is -2.44. The number of piperidine rings is 2. The third-order valence-corrected chi connectivity index (χ3v) is 7.59. The number of rotatable bonds is 4. The smallest absolute Gasteiger partial charge is 0.253 e. The van der Waals surface area contributed by atoms with Crippen molar-refractivity contribution in [2.45, 2.75) is 50.0 Å². The van der Waals surface area contributed by atoms with Crippen LogP contribution in [0.2, 0.25) is 0 Å². The fourth-order valence-electron chi connectivity index (χ4n) is 3.82. The van der Waals surface area contributed by atoms with Crippen molar-refractivity contribution in [3.8, 4) is 0 Å². The molecule has 0 bridgehead atoms. The molecular formula is C19H30ClN3O3S. The summed E-state index contributed by atoms with van der Waals surface area (Å²) < 4.78 is 27.7. The van der Waals surface area contributed by atoms with Crippen molar-refractivity contribution in [3.05, 3.63) is 29.3 Å². The van der Waals surface area contributed by atoms with Gasteiger partial charge >= 0.3 is 0 Å². The number of nitrogens with one attached hydrogen (secondary N) is 1. The van der Waals surface area contributed by atoms with Crippen LogP contribution in [-0.4, -0.2) is 62.8 Å². The standard InChI is InChI=1S/C19H29N3O3S.ClH/c1-15-6-7-16(19(23)21(2)17-8-10-20-11-9-17)14-18(15)26(24,25)22-12-4-3-5-13-22;/h6-7,14,17,20H,3-5,8-13H2,1-2H3;1H. The van der Waals surface area contributed by atoms with Crippen LogP contribution in [0.3, 0.4) is 0 Å². The van der Waals surface area contributed by atoms with Crippen molar-refractivity contribution in [2.75, 3.05) is 33.2 Å². The zero-order chi connectivity index (χ0) is 18.7. The number of sulfonamides is 1. The van der Waals surface area contributed by atoms with Gasteiger partial charge in [0.05, 0.1) is 4.90 Å². The van der Waals surface area contributed by atoms with E-state index >= 15 is 0 Å². The number of carbonyl (C=O) groups excluding carboxylic acids is 1. The van der Waals surface area contributed by atoms with Crippen molar-refractivity contribution in [3.63, 3.8) is 0 Å². The van der Waals surface area contributed by atoms with Gasteiger partial charge in [0, 0.05) is 31.7 Å². The number of nitrogens with zero attached hydrogens (tertiary/aromatic N) is 2. The topological polar surface area (TPSA) is 69.7 Å². The van der Waals surface area contributed by atoms with Gasteiger partial charge in [-0.2, -0.15) is 4.31 Å². The van der Waals surface area contributed by atoms with Gasteiger partial charge in [-0.25, -0.2) is 8.42 Å². The SMILES string of the molecule is Cc1ccc(C(=O)N(C)C2CCNCC2)cc1S(=O)(=O)N1CCCCC1.Cl. The highest BCUT2D eigenvalue weighted by molar-refractivity contribution is 7.89. The molecule has 2 aliphatic heterocycles. The van der Waals surface area contributed by atoms with Gasteiger partial charge < -0.3 is 10.2 Å². The van der Waals surface area contributed by atoms with Crippen molar-refractivity contribution >= 4 is 28.3 Å². The molecule has 0 saturated carbocycles. The molecule has 1 aromatic carbocycles. The first kappa shape index (κ1) is 22.1. The third kappa shape index (κ3) is 4.83. The molecule has 2 aliphatic rings. The average Bonchev–Trinajstić information content (AvgIpc) is 2.68. The fourth-order valence-corrected chi connectivity index (χ4v) is 5.59. The molecule has 0 radical (unpaired) electrons. The maximum atomic E-state index is 13.0. The summed E-state index contributed by atoms with van der Waals surface area (Å²) in [4.78, 5) is 14.9. The van der Waals surface area contributed by atoms with Gasteiger partial charge in [-0.1, -0.05) is 12.5 Å². The minimum absolute atomic E-state index is 0. The normalized spacial score (nSPS) is 19.3. The quantitative estimate of drug-likeness (QED) is 0.819. The Morgan fingerprint density at radius 1 is 1.15 bits per heavy atom. The Labute approximate surface area is 168 Å². The van der Waals surface area contributed by atoms with Gasteiger partial charge in [-0.05, 0) is 63.4 Å². The molecule has 0 spiro atoms. The lowest BCUT2D eigenvalue weighted by atomic mass is 10.0. The summed E-state index contributed by atoms with van der Waals surface area (Å²) >= 11 is 0. The Kier molecular flexibility index (Phi) is 7.68. The van der Waals surface area contributed by atoms with Crippen molar-refractivity contribution in [1.82, 2.24) is 14.5 Å². The van der Waals surface area contributed by atoms with Crippen LogP contribution in [0.25, 0.3) is 0 Å². The van der Waals surface area contributed by atoms with E-state index in [0.717, 1.165) is 45.2 Å². The van der Waals surface area contributed by atoms with E-state index in [9.17, 15) is 13.2 Å². The number of aryl methyl sites for hydroxylation is 1. The summed E-state index contributed by atoms with van der Waals surface area (Å²) in [5, 5.41) is 3.30. The molecular weight excluding hydrogens is 386 g/mol. The van der Waals surface area contributed by atoms with E-state index in [-0.39, 0.29) is 29.3 Å². The largest absolute Gasteiger partial charge is 0.339 e. The molecule has 0 aliphatic carbocycles. The molecule has 152 valence electrons. The second kappa shape index (κ2) is 9.37. The molecule has 0 aromatic heterocycles. The second-order valence-electron chi connectivity index (χ2n) is 7.34. The van der Waals surface area contributed by atoms with Crippen molar-refractivity contribution in [1.29, 1.82) is 0 Å². The number of halogens is 1. The molecule has 27 heavy (non-hydrogen) atoms. The highest BCUT2D eigenvalue weighted by Crippen LogP contribution is 2.25. The van der Waals surface area contributed by atoms with Crippen molar-refractivity contribution in [2.24, 2.45) is 0 Å². The first-order valence-electron chi connectivity index (χ1n) is 9.50. The minimum Gasteiger partial charge on any atom is -0.339 e. The van der Waals surface area contributed by atoms with E-state index in [1.54, 1.807) is 34.3 Å². The van der Waals surface area contributed by atoms with Gasteiger partial charge in [0.1, 0.15) is 0 Å². The first-order chi connectivity index (χ1) is 12.4. The highest BCUT2D eigenvalue weighted by Gasteiger charge is 2.29. The van der Waals surface area contributed by atoms with Gasteiger partial charge in [-0.3, -0.25) is 4.79 Å². The highest BCUT2D eigenvalue weighted by atomic mass is 35.5. The predicted octanol–water partition coefficient (Wildman–Crippen LogP) is 2.42. The molecule has 0 unspecified atom stereocenters. The van der Waals surface area contributed by atoms with Crippen LogP contribution in [0, 0.1) is 6.92 Å². The monoisotopic (exact) mass is 415 g/mol. The summed E-state index contributed by atoms with van der Waals surface area (Å²) in [5.74, 6) is -0.105. The molecule has 8 heteroatoms. The summed E-state index contributed by atoms with van der Waals surface area (Å²) in [7, 11) is -1.73. The molecule has 2 saturated heterocycles. The number of benzene rings is 1. The van der Waals surface area contributed by atoms with Crippen LogP contribution in [0.4, 0.5) is 0 Å². The Hall–Kier alpha value is -1.15. The zero-order valence-corrected chi connectivity index (χ0v) is 17.7. The van der Waals surface area contributed by atoms with E-state index < -0.39 is 10.0 Å². The molecule has 2 fully saturated rings. The summed E-state index contributed by atoms with van der Waals surface area (Å²) in [5.41, 5.74) is 1.14. The number of carbonyl (C=O) groups is 1. The molecule has 1 aromatic rings. The fraction of sp³-hybridized carbons (Fsp3) is 0.632. The molecule has 2 heterocycles. The minimum atomic E-state index is -3.55. The predicted molar refractivity (Wildman–Crippen MR) is 109 cm³/mol. The lowest BCUT2D eigenvalue weighted by Gasteiger charge is -2.32. The summed E-state index contributed by atoms with van der Waals surface area (Å²) in [6.07, 6.45) is 4.72. The van der Waals surface area contributed by atoms with Crippen LogP contribution in [0.5, 0.6) is 0 Å². The van der Waals surface area contributed by atoms with E-state index in [0.29, 0.717) is 24.2 Å². The van der Waals surface area contributed by atoms with Gasteiger partial charge in [0.15, 0.2) is 0 Å². The van der Waals surface area contributed by atoms with Crippen LogP contribution in [0.15, 0.2) is 23.1 Å². The van der Waals surface area contributed by atoms with Crippen molar-refractivity contribution < 1.29 is 13.2 Å². The second-order valence-corrected chi connectivity index (χ2v) is 9.25. The van der Waals surface area contributed by atoms with E-state index in [2.05, 4.69) is 5.32 Å². The van der Waals surface area contributed by atoms with Crippen LogP contribution < -0.4 is 5.32 Å². The zero-order valence-electron chi connectivity index (χ0n) is 16.1. The Morgan fingerprint density at radius 2 is 1.78 bits per heavy atom. The Balaban J connectivity index is 0.00000261. The van der Waals surface area contributed by atoms with Crippen LogP contribution in [-0.2, 0) is 10.0 Å². The maximum Gasteiger partial charge on any atom is 0.253 e. The van der Waals surface area contributed by atoms with Gasteiger partial charge in [0.2, 0.25) is 10.0 Å². The van der Waals surface area contributed by atoms with Crippen LogP contribution >= 0.6 is 12.4 Å². The van der Waals surface area contributed by atoms with E-state index in [1.807, 2.05) is 7.05 Å². The summed E-state index contributed by atoms with van der Waals surface area (Å²) in [6.45, 7) is 4.74. The van der Waals surface area contributed by atoms with E-state index in [4.69, 9.17) is 0 Å². The summed E-state index contributed by atoms with van der Waals surface area (Å²) in [6, 6.07) is 5.26. The van der Waals surface area contributed by atoms with Crippen LogP contribution in [0.1, 0.15) is 48.0 Å². The number of hydrogen-bond acceptors (Lipinski definition) is 4. The Bertz CT molecular complexity index is 757. The molecule has 0 atom stereocenters.